The first kappa shape index (κ1) is 10.9. The zero-order chi connectivity index (χ0) is 5.86. The molecular weight excluding hydrogens is 124 g/mol. The van der Waals surface area contributed by atoms with E-state index in [0.717, 1.165) is 6.42 Å². The van der Waals surface area contributed by atoms with Crippen LogP contribution < -0.4 is 0 Å². The van der Waals surface area contributed by atoms with Crippen molar-refractivity contribution in [1.29, 1.82) is 0 Å². The molecule has 0 aliphatic rings. The molecule has 1 nitrogen and oxygen atoms in total. The fourth-order valence-corrected chi connectivity index (χ4v) is 0.575. The van der Waals surface area contributed by atoms with Crippen LogP contribution in [0.25, 0.3) is 0 Å². The van der Waals surface area contributed by atoms with E-state index in [4.69, 9.17) is 0 Å². The molecule has 0 fully saturated rings. The summed E-state index contributed by atoms with van der Waals surface area (Å²) in [4.78, 5) is 10.3. The topological polar surface area (TPSA) is 17.1 Å². The quantitative estimate of drug-likeness (QED) is 0.568. The molecular formula is C6H13ClO. The van der Waals surface area contributed by atoms with E-state index >= 15 is 0 Å². The van der Waals surface area contributed by atoms with Gasteiger partial charge in [-0.2, -0.15) is 0 Å². The smallest absolute Gasteiger partial charge is 0.130 e. The van der Waals surface area contributed by atoms with Crippen LogP contribution in [0, 0.1) is 5.92 Å². The predicted molar refractivity (Wildman–Crippen MR) is 37.4 cm³/mol. The maximum Gasteiger partial charge on any atom is 0.130 e. The van der Waals surface area contributed by atoms with Gasteiger partial charge in [0.1, 0.15) is 5.78 Å². The molecule has 0 N–H and O–H groups in total. The van der Waals surface area contributed by atoms with Gasteiger partial charge in [-0.15, -0.1) is 12.4 Å². The van der Waals surface area contributed by atoms with Gasteiger partial charge in [-0.05, 0) is 12.8 Å². The number of hydrogen-bond donors (Lipinski definition) is 0. The van der Waals surface area contributed by atoms with Gasteiger partial charge in [-0.1, -0.05) is 13.8 Å². The van der Waals surface area contributed by atoms with Crippen LogP contribution in [-0.4, -0.2) is 5.78 Å². The summed E-state index contributed by atoms with van der Waals surface area (Å²) in [5.41, 5.74) is 0. The number of carbonyl (C=O) groups excluding carboxylic acids is 1. The molecule has 50 valence electrons. The second-order valence-corrected chi connectivity index (χ2v) is 2.30. The number of Topliss-reactive ketones (excluding diaryl/α,β-unsaturated/α-hetero) is 1. The van der Waals surface area contributed by atoms with Crippen LogP contribution in [0.15, 0.2) is 0 Å². The average Bonchev–Trinajstić information content (AvgIpc) is 1.27. The molecule has 0 bridgehead atoms. The number of hydrogen-bond acceptors (Lipinski definition) is 1. The van der Waals surface area contributed by atoms with Crippen LogP contribution in [0.4, 0.5) is 0 Å². The van der Waals surface area contributed by atoms with E-state index in [1.54, 1.807) is 6.92 Å². The number of halogens is 1. The molecule has 0 aliphatic heterocycles. The molecule has 0 spiro atoms. The normalized spacial score (nSPS) is 8.50. The van der Waals surface area contributed by atoms with Crippen LogP contribution in [0.5, 0.6) is 0 Å². The van der Waals surface area contributed by atoms with E-state index in [9.17, 15) is 4.79 Å². The maximum absolute atomic E-state index is 10.3. The molecule has 0 aromatic carbocycles. The van der Waals surface area contributed by atoms with E-state index in [2.05, 4.69) is 0 Å². The Bertz CT molecular complexity index is 68.9. The predicted octanol–water partition coefficient (Wildman–Crippen LogP) is 2.04. The Balaban J connectivity index is 0. The highest BCUT2D eigenvalue weighted by Crippen LogP contribution is 1.97. The van der Waals surface area contributed by atoms with E-state index in [1.807, 2.05) is 13.8 Å². The minimum absolute atomic E-state index is 0. The highest BCUT2D eigenvalue weighted by atomic mass is 35.5. The van der Waals surface area contributed by atoms with Gasteiger partial charge in [0, 0.05) is 6.42 Å². The Morgan fingerprint density at radius 1 is 1.50 bits per heavy atom. The average molecular weight is 137 g/mol. The molecule has 0 radical (unpaired) electrons. The van der Waals surface area contributed by atoms with E-state index in [0.29, 0.717) is 5.92 Å². The van der Waals surface area contributed by atoms with Gasteiger partial charge in [-0.3, -0.25) is 0 Å². The van der Waals surface area contributed by atoms with Gasteiger partial charge < -0.3 is 4.79 Å². The second-order valence-electron chi connectivity index (χ2n) is 2.30. The van der Waals surface area contributed by atoms with E-state index < -0.39 is 0 Å². The lowest BCUT2D eigenvalue weighted by molar-refractivity contribution is -0.117. The largest absolute Gasteiger partial charge is 0.300 e. The van der Waals surface area contributed by atoms with Crippen LogP contribution in [0.1, 0.15) is 27.2 Å². The minimum atomic E-state index is 0. The Hall–Kier alpha value is -0.0400. The zero-order valence-corrected chi connectivity index (χ0v) is 6.42. The lowest BCUT2D eigenvalue weighted by Gasteiger charge is -1.95. The van der Waals surface area contributed by atoms with Gasteiger partial charge in [0.15, 0.2) is 0 Å². The summed E-state index contributed by atoms with van der Waals surface area (Å²) in [5, 5.41) is 0. The summed E-state index contributed by atoms with van der Waals surface area (Å²) >= 11 is 0. The Labute approximate surface area is 56.9 Å². The fraction of sp³-hybridized carbons (Fsp3) is 0.833. The third kappa shape index (κ3) is 9.35. The van der Waals surface area contributed by atoms with Crippen LogP contribution in [0.2, 0.25) is 0 Å². The number of ketones is 1. The molecule has 8 heavy (non-hydrogen) atoms. The van der Waals surface area contributed by atoms with Crippen LogP contribution in [-0.2, 0) is 4.79 Å². The lowest BCUT2D eigenvalue weighted by atomic mass is 10.1. The fourth-order valence-electron chi connectivity index (χ4n) is 0.575. The molecule has 0 amide bonds. The zero-order valence-electron chi connectivity index (χ0n) is 5.60. The molecule has 0 heterocycles. The molecule has 0 aromatic heterocycles. The Kier molecular flexibility index (Phi) is 6.93. The lowest BCUT2D eigenvalue weighted by Crippen LogP contribution is -1.95. The summed E-state index contributed by atoms with van der Waals surface area (Å²) in [6.07, 6.45) is 0.722. The molecule has 0 atom stereocenters. The molecule has 0 saturated heterocycles. The Morgan fingerprint density at radius 2 is 1.88 bits per heavy atom. The van der Waals surface area contributed by atoms with Gasteiger partial charge >= 0.3 is 0 Å². The van der Waals surface area contributed by atoms with Gasteiger partial charge in [-0.25, -0.2) is 0 Å². The number of carbonyl (C=O) groups is 1. The summed E-state index contributed by atoms with van der Waals surface area (Å²) in [5.74, 6) is 0.813. The van der Waals surface area contributed by atoms with Crippen molar-refractivity contribution in [1.82, 2.24) is 0 Å². The first-order valence-electron chi connectivity index (χ1n) is 2.62. The van der Waals surface area contributed by atoms with E-state index in [-0.39, 0.29) is 18.2 Å². The summed E-state index contributed by atoms with van der Waals surface area (Å²) in [7, 11) is 0. The first-order valence-corrected chi connectivity index (χ1v) is 2.62. The maximum atomic E-state index is 10.3. The molecule has 0 saturated carbocycles. The summed E-state index contributed by atoms with van der Waals surface area (Å²) < 4.78 is 0. The van der Waals surface area contributed by atoms with Gasteiger partial charge in [0.2, 0.25) is 0 Å². The highest BCUT2D eigenvalue weighted by molar-refractivity contribution is 5.85. The molecule has 0 aliphatic carbocycles. The summed E-state index contributed by atoms with van der Waals surface area (Å²) in [6.45, 7) is 5.71. The van der Waals surface area contributed by atoms with Crippen molar-refractivity contribution in [3.63, 3.8) is 0 Å². The van der Waals surface area contributed by atoms with Crippen LogP contribution >= 0.6 is 12.4 Å². The molecule has 0 unspecified atom stereocenters. The van der Waals surface area contributed by atoms with Gasteiger partial charge in [0.25, 0.3) is 0 Å². The van der Waals surface area contributed by atoms with Crippen molar-refractivity contribution in [3.8, 4) is 0 Å². The monoisotopic (exact) mass is 136 g/mol. The van der Waals surface area contributed by atoms with E-state index in [1.165, 1.54) is 0 Å². The molecule has 0 aromatic rings. The van der Waals surface area contributed by atoms with Gasteiger partial charge in [0.05, 0.1) is 0 Å². The van der Waals surface area contributed by atoms with Crippen molar-refractivity contribution in [2.75, 3.05) is 0 Å². The van der Waals surface area contributed by atoms with Crippen molar-refractivity contribution in [2.45, 2.75) is 27.2 Å². The Morgan fingerprint density at radius 3 is 1.88 bits per heavy atom. The number of rotatable bonds is 2. The third-order valence-electron chi connectivity index (χ3n) is 0.696. The van der Waals surface area contributed by atoms with Crippen molar-refractivity contribution in [2.24, 2.45) is 5.92 Å². The standard InChI is InChI=1S/C6H12O.ClH/c1-5(2)4-6(3)7;/h5H,4H2,1-3H3;1H. The first-order chi connectivity index (χ1) is 3.13. The minimum Gasteiger partial charge on any atom is -0.300 e. The van der Waals surface area contributed by atoms with Crippen LogP contribution in [0.3, 0.4) is 0 Å². The molecule has 2 heteroatoms. The summed E-state index contributed by atoms with van der Waals surface area (Å²) in [6, 6.07) is 0. The SMILES string of the molecule is CC(=O)CC(C)C.Cl. The molecule has 0 rings (SSSR count). The van der Waals surface area contributed by atoms with Crippen molar-refractivity contribution >= 4 is 18.2 Å². The third-order valence-corrected chi connectivity index (χ3v) is 0.696. The second kappa shape index (κ2) is 5.10. The highest BCUT2D eigenvalue weighted by Gasteiger charge is 1.95. The van der Waals surface area contributed by atoms with Crippen molar-refractivity contribution in [3.05, 3.63) is 0 Å². The van der Waals surface area contributed by atoms with Crippen molar-refractivity contribution < 1.29 is 4.79 Å².